The number of aryl methyl sites for hydroxylation is 1. The SMILES string of the molecule is Cc1cnc(C(C)(C)NC(=O)c2cc(C(=O)O)ccn2)s1. The average Bonchev–Trinajstić information content (AvgIpc) is 2.86. The number of aromatic nitrogens is 2. The summed E-state index contributed by atoms with van der Waals surface area (Å²) >= 11 is 1.50. The second kappa shape index (κ2) is 5.61. The van der Waals surface area contributed by atoms with Gasteiger partial charge in [0.2, 0.25) is 0 Å². The lowest BCUT2D eigenvalue weighted by atomic mass is 10.1. The fraction of sp³-hybridized carbons (Fsp3) is 0.286. The molecule has 2 rings (SSSR count). The lowest BCUT2D eigenvalue weighted by Crippen LogP contribution is -2.41. The van der Waals surface area contributed by atoms with Crippen LogP contribution in [0.3, 0.4) is 0 Å². The molecule has 2 aromatic heterocycles. The van der Waals surface area contributed by atoms with Crippen LogP contribution in [0.5, 0.6) is 0 Å². The summed E-state index contributed by atoms with van der Waals surface area (Å²) in [5, 5.41) is 12.5. The zero-order chi connectivity index (χ0) is 15.6. The minimum Gasteiger partial charge on any atom is -0.478 e. The van der Waals surface area contributed by atoms with Crippen LogP contribution in [0.1, 0.15) is 44.6 Å². The average molecular weight is 305 g/mol. The molecule has 0 aromatic carbocycles. The fourth-order valence-electron chi connectivity index (χ4n) is 1.73. The molecule has 6 nitrogen and oxygen atoms in total. The van der Waals surface area contributed by atoms with Gasteiger partial charge in [-0.25, -0.2) is 9.78 Å². The van der Waals surface area contributed by atoms with Crippen molar-refractivity contribution in [1.82, 2.24) is 15.3 Å². The molecule has 2 N–H and O–H groups in total. The third-order valence-corrected chi connectivity index (χ3v) is 4.06. The Balaban J connectivity index is 2.21. The Morgan fingerprint density at radius 3 is 2.62 bits per heavy atom. The summed E-state index contributed by atoms with van der Waals surface area (Å²) in [6, 6.07) is 2.59. The number of hydrogen-bond donors (Lipinski definition) is 2. The number of carboxylic acid groups (broad SMARTS) is 1. The highest BCUT2D eigenvalue weighted by Crippen LogP contribution is 2.25. The van der Waals surface area contributed by atoms with Crippen LogP contribution in [0.2, 0.25) is 0 Å². The number of carboxylic acids is 1. The van der Waals surface area contributed by atoms with Crippen LogP contribution >= 0.6 is 11.3 Å². The van der Waals surface area contributed by atoms with Crippen LogP contribution in [-0.4, -0.2) is 27.0 Å². The Morgan fingerprint density at radius 1 is 1.33 bits per heavy atom. The number of nitrogens with one attached hydrogen (secondary N) is 1. The van der Waals surface area contributed by atoms with E-state index in [4.69, 9.17) is 5.11 Å². The van der Waals surface area contributed by atoms with Crippen molar-refractivity contribution in [1.29, 1.82) is 0 Å². The van der Waals surface area contributed by atoms with Crippen molar-refractivity contribution >= 4 is 23.2 Å². The largest absolute Gasteiger partial charge is 0.478 e. The minimum absolute atomic E-state index is 0.0260. The molecule has 0 aliphatic carbocycles. The van der Waals surface area contributed by atoms with Gasteiger partial charge >= 0.3 is 5.97 Å². The Hall–Kier alpha value is -2.28. The molecule has 0 saturated carbocycles. The second-order valence-electron chi connectivity index (χ2n) is 5.09. The molecule has 0 radical (unpaired) electrons. The molecule has 0 bridgehead atoms. The Labute approximate surface area is 125 Å². The maximum atomic E-state index is 12.2. The first-order valence-corrected chi connectivity index (χ1v) is 7.06. The van der Waals surface area contributed by atoms with Gasteiger partial charge in [0.05, 0.1) is 11.1 Å². The van der Waals surface area contributed by atoms with Crippen molar-refractivity contribution in [3.63, 3.8) is 0 Å². The van der Waals surface area contributed by atoms with Crippen molar-refractivity contribution in [2.24, 2.45) is 0 Å². The van der Waals surface area contributed by atoms with Gasteiger partial charge in [-0.2, -0.15) is 0 Å². The first kappa shape index (κ1) is 15.1. The number of nitrogens with zero attached hydrogens (tertiary/aromatic N) is 2. The third kappa shape index (κ3) is 3.43. The molecule has 0 unspecified atom stereocenters. The zero-order valence-corrected chi connectivity index (χ0v) is 12.7. The molecule has 0 atom stereocenters. The normalized spacial score (nSPS) is 11.2. The molecule has 0 spiro atoms. The second-order valence-corrected chi connectivity index (χ2v) is 6.32. The monoisotopic (exact) mass is 305 g/mol. The molecule has 110 valence electrons. The topological polar surface area (TPSA) is 92.2 Å². The number of rotatable bonds is 4. The number of aromatic carboxylic acids is 1. The molecule has 0 aliphatic heterocycles. The van der Waals surface area contributed by atoms with Gasteiger partial charge in [-0.1, -0.05) is 0 Å². The van der Waals surface area contributed by atoms with Crippen molar-refractivity contribution in [2.75, 3.05) is 0 Å². The van der Waals surface area contributed by atoms with E-state index in [9.17, 15) is 9.59 Å². The molecule has 2 aromatic rings. The highest BCUT2D eigenvalue weighted by molar-refractivity contribution is 7.11. The number of carbonyl (C=O) groups excluding carboxylic acids is 1. The van der Waals surface area contributed by atoms with Crippen LogP contribution in [0.15, 0.2) is 24.5 Å². The molecular formula is C14H15N3O3S. The van der Waals surface area contributed by atoms with E-state index in [1.54, 1.807) is 6.20 Å². The minimum atomic E-state index is -1.10. The van der Waals surface area contributed by atoms with Crippen LogP contribution in [0.4, 0.5) is 0 Å². The predicted octanol–water partition coefficient (Wildman–Crippen LogP) is 2.21. The summed E-state index contributed by atoms with van der Waals surface area (Å²) in [6.45, 7) is 5.62. The first-order chi connectivity index (χ1) is 9.79. The van der Waals surface area contributed by atoms with Crippen LogP contribution in [0.25, 0.3) is 0 Å². The zero-order valence-electron chi connectivity index (χ0n) is 11.9. The standard InChI is InChI=1S/C14H15N3O3S/c1-8-7-16-13(21-8)14(2,3)17-11(18)10-6-9(12(19)20)4-5-15-10/h4-7H,1-3H3,(H,17,18)(H,19,20). The maximum Gasteiger partial charge on any atom is 0.335 e. The van der Waals surface area contributed by atoms with E-state index in [0.717, 1.165) is 9.88 Å². The number of hydrogen-bond acceptors (Lipinski definition) is 5. The molecule has 0 saturated heterocycles. The molecule has 0 aliphatic rings. The highest BCUT2D eigenvalue weighted by Gasteiger charge is 2.27. The maximum absolute atomic E-state index is 12.2. The van der Waals surface area contributed by atoms with E-state index in [-0.39, 0.29) is 11.3 Å². The van der Waals surface area contributed by atoms with E-state index < -0.39 is 17.4 Å². The summed E-state index contributed by atoms with van der Waals surface area (Å²) in [5.74, 6) is -1.53. The van der Waals surface area contributed by atoms with E-state index in [1.165, 1.54) is 29.7 Å². The van der Waals surface area contributed by atoms with E-state index in [2.05, 4.69) is 15.3 Å². The lowest BCUT2D eigenvalue weighted by molar-refractivity contribution is 0.0696. The molecule has 2 heterocycles. The molecule has 1 amide bonds. The lowest BCUT2D eigenvalue weighted by Gasteiger charge is -2.23. The molecule has 0 fully saturated rings. The van der Waals surface area contributed by atoms with Crippen molar-refractivity contribution < 1.29 is 14.7 Å². The Bertz CT molecular complexity index is 694. The highest BCUT2D eigenvalue weighted by atomic mass is 32.1. The van der Waals surface area contributed by atoms with E-state index >= 15 is 0 Å². The number of pyridine rings is 1. The fourth-order valence-corrected chi connectivity index (χ4v) is 2.55. The van der Waals surface area contributed by atoms with Crippen LogP contribution < -0.4 is 5.32 Å². The summed E-state index contributed by atoms with van der Waals surface area (Å²) in [5.41, 5.74) is -0.564. The third-order valence-electron chi connectivity index (χ3n) is 2.82. The van der Waals surface area contributed by atoms with Crippen molar-refractivity contribution in [3.8, 4) is 0 Å². The molecule has 7 heteroatoms. The smallest absolute Gasteiger partial charge is 0.335 e. The first-order valence-electron chi connectivity index (χ1n) is 6.24. The quantitative estimate of drug-likeness (QED) is 0.903. The predicted molar refractivity (Wildman–Crippen MR) is 78.5 cm³/mol. The number of thiazole rings is 1. The van der Waals surface area contributed by atoms with Gasteiger partial charge < -0.3 is 10.4 Å². The van der Waals surface area contributed by atoms with Gasteiger partial charge in [-0.3, -0.25) is 9.78 Å². The summed E-state index contributed by atoms with van der Waals surface area (Å²) < 4.78 is 0. The molecule has 21 heavy (non-hydrogen) atoms. The van der Waals surface area contributed by atoms with Gasteiger partial charge in [0, 0.05) is 17.3 Å². The van der Waals surface area contributed by atoms with Crippen molar-refractivity contribution in [3.05, 3.63) is 45.7 Å². The van der Waals surface area contributed by atoms with Gasteiger partial charge in [0.15, 0.2) is 0 Å². The van der Waals surface area contributed by atoms with Gasteiger partial charge in [-0.05, 0) is 32.9 Å². The molecular weight excluding hydrogens is 290 g/mol. The summed E-state index contributed by atoms with van der Waals surface area (Å²) in [4.78, 5) is 32.4. The number of carbonyl (C=O) groups is 2. The Morgan fingerprint density at radius 2 is 2.05 bits per heavy atom. The van der Waals surface area contributed by atoms with Gasteiger partial charge in [0.1, 0.15) is 10.7 Å². The summed E-state index contributed by atoms with van der Waals surface area (Å²) in [6.07, 6.45) is 3.05. The summed E-state index contributed by atoms with van der Waals surface area (Å²) in [7, 11) is 0. The van der Waals surface area contributed by atoms with E-state index in [0.29, 0.717) is 0 Å². The number of amides is 1. The Kier molecular flexibility index (Phi) is 4.04. The van der Waals surface area contributed by atoms with Crippen LogP contribution in [0, 0.1) is 6.92 Å². The van der Waals surface area contributed by atoms with E-state index in [1.807, 2.05) is 20.8 Å². The van der Waals surface area contributed by atoms with Gasteiger partial charge in [0.25, 0.3) is 5.91 Å². The van der Waals surface area contributed by atoms with Crippen LogP contribution in [-0.2, 0) is 5.54 Å². The van der Waals surface area contributed by atoms with Gasteiger partial charge in [-0.15, -0.1) is 11.3 Å². The van der Waals surface area contributed by atoms with Crippen molar-refractivity contribution in [2.45, 2.75) is 26.3 Å².